The quantitative estimate of drug-likeness (QED) is 0.780. The molecule has 0 amide bonds. The first-order chi connectivity index (χ1) is 10.1. The van der Waals surface area contributed by atoms with E-state index >= 15 is 0 Å². The number of halogens is 2. The fourth-order valence-electron chi connectivity index (χ4n) is 1.70. The zero-order chi connectivity index (χ0) is 15.2. The Bertz CT molecular complexity index is 588. The molecule has 2 aromatic rings. The summed E-state index contributed by atoms with van der Waals surface area (Å²) in [5, 5.41) is 17.3. The average Bonchev–Trinajstić information content (AvgIpc) is 2.87. The van der Waals surface area contributed by atoms with Crippen molar-refractivity contribution in [3.63, 3.8) is 0 Å². The molecule has 21 heavy (non-hydrogen) atoms. The minimum absolute atomic E-state index is 0.447. The molecule has 0 radical (unpaired) electrons. The van der Waals surface area contributed by atoms with Gasteiger partial charge in [0.05, 0.1) is 6.54 Å². The van der Waals surface area contributed by atoms with Crippen LogP contribution in [0.25, 0.3) is 0 Å². The van der Waals surface area contributed by atoms with E-state index in [4.69, 9.17) is 23.2 Å². The molecule has 5 nitrogen and oxygen atoms in total. The van der Waals surface area contributed by atoms with E-state index in [1.807, 2.05) is 6.07 Å². The van der Waals surface area contributed by atoms with Crippen LogP contribution in [0, 0.1) is 0 Å². The van der Waals surface area contributed by atoms with Crippen LogP contribution in [0.1, 0.15) is 19.4 Å². The summed E-state index contributed by atoms with van der Waals surface area (Å²) in [6, 6.07) is 5.89. The summed E-state index contributed by atoms with van der Waals surface area (Å²) in [4.78, 5) is 0. The van der Waals surface area contributed by atoms with Crippen molar-refractivity contribution in [2.24, 2.45) is 0 Å². The molecule has 114 valence electrons. The molecule has 2 rings (SSSR count). The van der Waals surface area contributed by atoms with Crippen molar-refractivity contribution in [1.82, 2.24) is 25.5 Å². The zero-order valence-corrected chi connectivity index (χ0v) is 14.2. The Kier molecular flexibility index (Phi) is 6.29. The van der Waals surface area contributed by atoms with Gasteiger partial charge < -0.3 is 5.32 Å². The number of aromatic nitrogens is 4. The first-order valence-corrected chi connectivity index (χ1v) is 8.36. The Morgan fingerprint density at radius 3 is 2.90 bits per heavy atom. The molecule has 0 atom stereocenters. The summed E-state index contributed by atoms with van der Waals surface area (Å²) in [6.07, 6.45) is 0. The van der Waals surface area contributed by atoms with E-state index in [2.05, 4.69) is 34.7 Å². The lowest BCUT2D eigenvalue weighted by Crippen LogP contribution is -2.27. The van der Waals surface area contributed by atoms with Gasteiger partial charge in [0.15, 0.2) is 0 Å². The van der Waals surface area contributed by atoms with Gasteiger partial charge in [0.2, 0.25) is 5.16 Å². The fourth-order valence-corrected chi connectivity index (χ4v) is 3.05. The third-order valence-electron chi connectivity index (χ3n) is 2.74. The number of nitrogens with one attached hydrogen (secondary N) is 1. The Labute approximate surface area is 138 Å². The molecule has 0 fully saturated rings. The lowest BCUT2D eigenvalue weighted by molar-refractivity contribution is 0.485. The van der Waals surface area contributed by atoms with Gasteiger partial charge in [-0.2, -0.15) is 0 Å². The molecule has 0 aliphatic heterocycles. The van der Waals surface area contributed by atoms with Crippen molar-refractivity contribution >= 4 is 35.0 Å². The van der Waals surface area contributed by atoms with E-state index in [1.165, 1.54) is 0 Å². The van der Waals surface area contributed by atoms with Gasteiger partial charge in [-0.05, 0) is 34.2 Å². The van der Waals surface area contributed by atoms with Crippen LogP contribution in [-0.2, 0) is 12.3 Å². The van der Waals surface area contributed by atoms with Gasteiger partial charge in [-0.3, -0.25) is 0 Å². The third-order valence-corrected chi connectivity index (χ3v) is 4.35. The maximum Gasteiger partial charge on any atom is 0.209 e. The molecule has 8 heteroatoms. The zero-order valence-electron chi connectivity index (χ0n) is 11.9. The van der Waals surface area contributed by atoms with Crippen LogP contribution in [0.2, 0.25) is 10.0 Å². The first kappa shape index (κ1) is 16.5. The number of hydrogen-bond acceptors (Lipinski definition) is 5. The minimum Gasteiger partial charge on any atom is -0.313 e. The SMILES string of the molecule is CC(C)NCCn1nnnc1SCc1cc(Cl)ccc1Cl. The molecule has 0 spiro atoms. The van der Waals surface area contributed by atoms with E-state index in [0.717, 1.165) is 23.8 Å². The standard InChI is InChI=1S/C13H17Cl2N5S/c1-9(2)16-5-6-20-13(17-18-19-20)21-8-10-7-11(14)3-4-12(10)15/h3-4,7,9,16H,5-6,8H2,1-2H3. The highest BCUT2D eigenvalue weighted by atomic mass is 35.5. The predicted molar refractivity (Wildman–Crippen MR) is 87.0 cm³/mol. The Hall–Kier alpha value is -0.820. The van der Waals surface area contributed by atoms with Crippen molar-refractivity contribution in [1.29, 1.82) is 0 Å². The van der Waals surface area contributed by atoms with Crippen LogP contribution < -0.4 is 5.32 Å². The molecule has 1 aromatic heterocycles. The van der Waals surface area contributed by atoms with Crippen LogP contribution in [-0.4, -0.2) is 32.8 Å². The number of benzene rings is 1. The van der Waals surface area contributed by atoms with Crippen LogP contribution >= 0.6 is 35.0 Å². The van der Waals surface area contributed by atoms with Gasteiger partial charge in [0.1, 0.15) is 0 Å². The molecule has 1 heterocycles. The fraction of sp³-hybridized carbons (Fsp3) is 0.462. The molecule has 0 saturated carbocycles. The lowest BCUT2D eigenvalue weighted by atomic mass is 10.2. The highest BCUT2D eigenvalue weighted by Crippen LogP contribution is 2.27. The third kappa shape index (κ3) is 5.14. The molecule has 0 bridgehead atoms. The summed E-state index contributed by atoms with van der Waals surface area (Å²) < 4.78 is 1.79. The number of nitrogens with zero attached hydrogens (tertiary/aromatic N) is 4. The average molecular weight is 346 g/mol. The van der Waals surface area contributed by atoms with Crippen LogP contribution in [0.5, 0.6) is 0 Å². The number of tetrazole rings is 1. The molecule has 1 N–H and O–H groups in total. The minimum atomic E-state index is 0.447. The second kappa shape index (κ2) is 7.98. The maximum absolute atomic E-state index is 6.15. The summed E-state index contributed by atoms with van der Waals surface area (Å²) in [7, 11) is 0. The predicted octanol–water partition coefficient (Wildman–Crippen LogP) is 3.27. The number of hydrogen-bond donors (Lipinski definition) is 1. The Morgan fingerprint density at radius 1 is 1.33 bits per heavy atom. The summed E-state index contributed by atoms with van der Waals surface area (Å²) >= 11 is 13.7. The summed E-state index contributed by atoms with van der Waals surface area (Å²) in [6.45, 7) is 5.78. The first-order valence-electron chi connectivity index (χ1n) is 6.62. The largest absolute Gasteiger partial charge is 0.313 e. The monoisotopic (exact) mass is 345 g/mol. The Morgan fingerprint density at radius 2 is 2.14 bits per heavy atom. The van der Waals surface area contributed by atoms with E-state index in [-0.39, 0.29) is 0 Å². The lowest BCUT2D eigenvalue weighted by Gasteiger charge is -2.09. The molecular weight excluding hydrogens is 329 g/mol. The topological polar surface area (TPSA) is 55.6 Å². The van der Waals surface area contributed by atoms with E-state index < -0.39 is 0 Å². The summed E-state index contributed by atoms with van der Waals surface area (Å²) in [5.41, 5.74) is 0.976. The summed E-state index contributed by atoms with van der Waals surface area (Å²) in [5.74, 6) is 0.678. The molecule has 0 saturated heterocycles. The van der Waals surface area contributed by atoms with Gasteiger partial charge in [-0.1, -0.05) is 48.8 Å². The van der Waals surface area contributed by atoms with Crippen LogP contribution in [0.15, 0.2) is 23.4 Å². The second-order valence-corrected chi connectivity index (χ2v) is 6.60. The van der Waals surface area contributed by atoms with Crippen molar-refractivity contribution in [2.75, 3.05) is 6.54 Å². The van der Waals surface area contributed by atoms with Crippen molar-refractivity contribution < 1.29 is 0 Å². The van der Waals surface area contributed by atoms with Crippen LogP contribution in [0.4, 0.5) is 0 Å². The van der Waals surface area contributed by atoms with Crippen molar-refractivity contribution in [3.05, 3.63) is 33.8 Å². The smallest absolute Gasteiger partial charge is 0.209 e. The van der Waals surface area contributed by atoms with Crippen molar-refractivity contribution in [2.45, 2.75) is 37.3 Å². The molecular formula is C13H17Cl2N5S. The van der Waals surface area contributed by atoms with Gasteiger partial charge in [-0.25, -0.2) is 4.68 Å². The maximum atomic E-state index is 6.15. The Balaban J connectivity index is 1.94. The van der Waals surface area contributed by atoms with Gasteiger partial charge in [0.25, 0.3) is 0 Å². The van der Waals surface area contributed by atoms with E-state index in [9.17, 15) is 0 Å². The number of thioether (sulfide) groups is 1. The second-order valence-electron chi connectivity index (χ2n) is 4.82. The van der Waals surface area contributed by atoms with Gasteiger partial charge in [-0.15, -0.1) is 5.10 Å². The van der Waals surface area contributed by atoms with Gasteiger partial charge >= 0.3 is 0 Å². The van der Waals surface area contributed by atoms with E-state index in [1.54, 1.807) is 28.6 Å². The molecule has 0 aliphatic rings. The molecule has 1 aromatic carbocycles. The van der Waals surface area contributed by atoms with Crippen molar-refractivity contribution in [3.8, 4) is 0 Å². The highest BCUT2D eigenvalue weighted by Gasteiger charge is 2.09. The van der Waals surface area contributed by atoms with E-state index in [0.29, 0.717) is 21.8 Å². The van der Waals surface area contributed by atoms with Crippen LogP contribution in [0.3, 0.4) is 0 Å². The molecule has 0 unspecified atom stereocenters. The number of rotatable bonds is 7. The van der Waals surface area contributed by atoms with Gasteiger partial charge in [0, 0.05) is 28.4 Å². The molecule has 0 aliphatic carbocycles. The normalized spacial score (nSPS) is 11.3. The highest BCUT2D eigenvalue weighted by molar-refractivity contribution is 7.98.